The maximum absolute atomic E-state index is 12.3. The number of benzene rings is 2. The first-order valence-electron chi connectivity index (χ1n) is 8.20. The van der Waals surface area contributed by atoms with Gasteiger partial charge in [0.2, 0.25) is 11.8 Å². The van der Waals surface area contributed by atoms with Crippen LogP contribution in [0.25, 0.3) is 0 Å². The number of aryl methyl sites for hydroxylation is 2. The van der Waals surface area contributed by atoms with E-state index in [1.807, 2.05) is 39.0 Å². The van der Waals surface area contributed by atoms with Gasteiger partial charge in [-0.3, -0.25) is 9.59 Å². The number of carbonyl (C=O) groups is 2. The van der Waals surface area contributed by atoms with Gasteiger partial charge in [-0.05, 0) is 61.7 Å². The molecule has 0 saturated carbocycles. The lowest BCUT2D eigenvalue weighted by Gasteiger charge is -2.24. The summed E-state index contributed by atoms with van der Waals surface area (Å²) in [4.78, 5) is 26.0. The van der Waals surface area contributed by atoms with Crippen molar-refractivity contribution in [1.29, 1.82) is 0 Å². The van der Waals surface area contributed by atoms with Gasteiger partial charge in [0.25, 0.3) is 0 Å². The maximum Gasteiger partial charge on any atom is 0.226 e. The van der Waals surface area contributed by atoms with Crippen molar-refractivity contribution >= 4 is 34.8 Å². The van der Waals surface area contributed by atoms with Crippen molar-refractivity contribution in [3.8, 4) is 0 Å². The van der Waals surface area contributed by atoms with E-state index in [9.17, 15) is 9.59 Å². The maximum atomic E-state index is 12.3. The first-order chi connectivity index (χ1) is 11.8. The Bertz CT molecular complexity index is 802. The molecule has 2 amide bonds. The van der Waals surface area contributed by atoms with E-state index >= 15 is 0 Å². The molecular formula is C20H23ClN2O2. The van der Waals surface area contributed by atoms with Crippen molar-refractivity contribution in [3.05, 3.63) is 58.1 Å². The Morgan fingerprint density at radius 3 is 2.44 bits per heavy atom. The molecule has 0 atom stereocenters. The molecule has 0 heterocycles. The van der Waals surface area contributed by atoms with E-state index in [0.717, 1.165) is 28.1 Å². The predicted octanol–water partition coefficient (Wildman–Crippen LogP) is 4.65. The molecule has 0 bridgehead atoms. The van der Waals surface area contributed by atoms with Crippen LogP contribution in [0.4, 0.5) is 11.4 Å². The summed E-state index contributed by atoms with van der Waals surface area (Å²) < 4.78 is 0. The summed E-state index contributed by atoms with van der Waals surface area (Å²) in [6.07, 6.45) is 0.217. The highest BCUT2D eigenvalue weighted by Gasteiger charge is 2.16. The van der Waals surface area contributed by atoms with Gasteiger partial charge >= 0.3 is 0 Å². The van der Waals surface area contributed by atoms with Gasteiger partial charge in [0.15, 0.2) is 0 Å². The van der Waals surface area contributed by atoms with Crippen LogP contribution in [0, 0.1) is 20.8 Å². The third kappa shape index (κ3) is 4.83. The number of hydrogen-bond donors (Lipinski definition) is 1. The molecular weight excluding hydrogens is 336 g/mol. The van der Waals surface area contributed by atoms with Crippen molar-refractivity contribution < 1.29 is 9.59 Å². The fraction of sp³-hybridized carbons (Fsp3) is 0.300. The predicted molar refractivity (Wildman–Crippen MR) is 103 cm³/mol. The molecule has 2 aromatic carbocycles. The second kappa shape index (κ2) is 8.17. The summed E-state index contributed by atoms with van der Waals surface area (Å²) in [6, 6.07) is 11.2. The molecule has 0 saturated heterocycles. The fourth-order valence-corrected chi connectivity index (χ4v) is 2.90. The van der Waals surface area contributed by atoms with Gasteiger partial charge in [-0.25, -0.2) is 0 Å². The van der Waals surface area contributed by atoms with E-state index in [-0.39, 0.29) is 18.2 Å². The molecule has 0 aromatic heterocycles. The summed E-state index contributed by atoms with van der Waals surface area (Å²) in [5.74, 6) is -0.217. The Kier molecular flexibility index (Phi) is 6.21. The van der Waals surface area contributed by atoms with E-state index in [4.69, 9.17) is 11.6 Å². The smallest absolute Gasteiger partial charge is 0.226 e. The van der Waals surface area contributed by atoms with Gasteiger partial charge in [-0.1, -0.05) is 23.7 Å². The van der Waals surface area contributed by atoms with E-state index < -0.39 is 0 Å². The average molecular weight is 359 g/mol. The fourth-order valence-electron chi connectivity index (χ4n) is 2.67. The van der Waals surface area contributed by atoms with Gasteiger partial charge in [-0.2, -0.15) is 0 Å². The number of carbonyl (C=O) groups excluding carboxylic acids is 2. The summed E-state index contributed by atoms with van der Waals surface area (Å²) in [5, 5.41) is 3.51. The van der Waals surface area contributed by atoms with E-state index in [1.165, 1.54) is 6.92 Å². The molecule has 132 valence electrons. The second-order valence-corrected chi connectivity index (χ2v) is 6.58. The zero-order valence-electron chi connectivity index (χ0n) is 15.0. The highest BCUT2D eigenvalue weighted by atomic mass is 35.5. The number of nitrogens with one attached hydrogen (secondary N) is 1. The normalized spacial score (nSPS) is 10.4. The molecule has 0 radical (unpaired) electrons. The number of amides is 2. The lowest BCUT2D eigenvalue weighted by Crippen LogP contribution is -2.32. The summed E-state index contributed by atoms with van der Waals surface area (Å²) >= 11 is 5.93. The standard InChI is InChI=1S/C20H23ClN2O2/c1-13-6-5-7-19(15(13)3)23(16(4)24)11-10-20(25)22-18-9-8-17(21)12-14(18)2/h5-9,12H,10-11H2,1-4H3,(H,22,25). The largest absolute Gasteiger partial charge is 0.326 e. The summed E-state index contributed by atoms with van der Waals surface area (Å²) in [6.45, 7) is 7.73. The molecule has 0 aliphatic rings. The van der Waals surface area contributed by atoms with Crippen LogP contribution in [0.2, 0.25) is 5.02 Å². The Labute approximate surface area is 153 Å². The third-order valence-electron chi connectivity index (χ3n) is 4.27. The minimum atomic E-state index is -0.137. The van der Waals surface area contributed by atoms with Crippen molar-refractivity contribution in [3.63, 3.8) is 0 Å². The van der Waals surface area contributed by atoms with Crippen LogP contribution in [-0.4, -0.2) is 18.4 Å². The van der Waals surface area contributed by atoms with Crippen LogP contribution >= 0.6 is 11.6 Å². The van der Waals surface area contributed by atoms with Crippen molar-refractivity contribution in [2.75, 3.05) is 16.8 Å². The molecule has 0 fully saturated rings. The van der Waals surface area contributed by atoms with Gasteiger partial charge in [0.05, 0.1) is 0 Å². The average Bonchev–Trinajstić information content (AvgIpc) is 2.54. The summed E-state index contributed by atoms with van der Waals surface area (Å²) in [5.41, 5.74) is 4.65. The number of anilines is 2. The first kappa shape index (κ1) is 19.0. The van der Waals surface area contributed by atoms with E-state index in [0.29, 0.717) is 11.6 Å². The lowest BCUT2D eigenvalue weighted by atomic mass is 10.1. The molecule has 4 nitrogen and oxygen atoms in total. The molecule has 0 aliphatic heterocycles. The van der Waals surface area contributed by atoms with Gasteiger partial charge < -0.3 is 10.2 Å². The van der Waals surface area contributed by atoms with Crippen LogP contribution < -0.4 is 10.2 Å². The van der Waals surface area contributed by atoms with Crippen molar-refractivity contribution in [2.45, 2.75) is 34.1 Å². The van der Waals surface area contributed by atoms with Crippen molar-refractivity contribution in [1.82, 2.24) is 0 Å². The van der Waals surface area contributed by atoms with E-state index in [2.05, 4.69) is 5.32 Å². The van der Waals surface area contributed by atoms with Crippen LogP contribution in [-0.2, 0) is 9.59 Å². The quantitative estimate of drug-likeness (QED) is 0.845. The van der Waals surface area contributed by atoms with Crippen LogP contribution in [0.1, 0.15) is 30.0 Å². The van der Waals surface area contributed by atoms with Crippen molar-refractivity contribution in [2.24, 2.45) is 0 Å². The number of rotatable bonds is 5. The van der Waals surface area contributed by atoms with Gasteiger partial charge in [0, 0.05) is 36.3 Å². The summed E-state index contributed by atoms with van der Waals surface area (Å²) in [7, 11) is 0. The minimum absolute atomic E-state index is 0.0795. The third-order valence-corrected chi connectivity index (χ3v) is 4.51. The lowest BCUT2D eigenvalue weighted by molar-refractivity contribution is -0.117. The molecule has 0 aliphatic carbocycles. The SMILES string of the molecule is CC(=O)N(CCC(=O)Nc1ccc(Cl)cc1C)c1cccc(C)c1C. The Hall–Kier alpha value is -2.33. The van der Waals surface area contributed by atoms with Crippen LogP contribution in [0.5, 0.6) is 0 Å². The molecule has 25 heavy (non-hydrogen) atoms. The zero-order valence-corrected chi connectivity index (χ0v) is 15.8. The molecule has 5 heteroatoms. The molecule has 2 rings (SSSR count). The number of nitrogens with zero attached hydrogens (tertiary/aromatic N) is 1. The Morgan fingerprint density at radius 2 is 1.80 bits per heavy atom. The Morgan fingerprint density at radius 1 is 1.08 bits per heavy atom. The molecule has 0 spiro atoms. The topological polar surface area (TPSA) is 49.4 Å². The van der Waals surface area contributed by atoms with Crippen LogP contribution in [0.15, 0.2) is 36.4 Å². The molecule has 2 aromatic rings. The minimum Gasteiger partial charge on any atom is -0.326 e. The van der Waals surface area contributed by atoms with Gasteiger partial charge in [0.1, 0.15) is 0 Å². The van der Waals surface area contributed by atoms with Gasteiger partial charge in [-0.15, -0.1) is 0 Å². The first-order valence-corrected chi connectivity index (χ1v) is 8.57. The zero-order chi connectivity index (χ0) is 18.6. The highest BCUT2D eigenvalue weighted by molar-refractivity contribution is 6.30. The van der Waals surface area contributed by atoms with Crippen LogP contribution in [0.3, 0.4) is 0 Å². The highest BCUT2D eigenvalue weighted by Crippen LogP contribution is 2.24. The second-order valence-electron chi connectivity index (χ2n) is 6.15. The monoisotopic (exact) mass is 358 g/mol. The molecule has 0 unspecified atom stereocenters. The number of halogens is 1. The number of hydrogen-bond acceptors (Lipinski definition) is 2. The molecule has 1 N–H and O–H groups in total. The Balaban J connectivity index is 2.07. The van der Waals surface area contributed by atoms with E-state index in [1.54, 1.807) is 23.1 Å².